The van der Waals surface area contributed by atoms with Crippen LogP contribution in [0.25, 0.3) is 0 Å². The minimum absolute atomic E-state index is 0.769. The Morgan fingerprint density at radius 3 is 2.53 bits per heavy atom. The van der Waals surface area contributed by atoms with Crippen LogP contribution in [-0.4, -0.2) is 36.1 Å². The van der Waals surface area contributed by atoms with Crippen molar-refractivity contribution in [3.8, 4) is 0 Å². The predicted octanol–water partition coefficient (Wildman–Crippen LogP) is 3.27. The quantitative estimate of drug-likeness (QED) is 0.841. The van der Waals surface area contributed by atoms with E-state index in [4.69, 9.17) is 0 Å². The molecule has 0 spiro atoms. The van der Waals surface area contributed by atoms with Gasteiger partial charge in [-0.1, -0.05) is 33.6 Å². The molecule has 1 N–H and O–H groups in total. The average Bonchev–Trinajstić information content (AvgIpc) is 3.22. The van der Waals surface area contributed by atoms with Crippen molar-refractivity contribution in [2.45, 2.75) is 77.4 Å². The predicted molar refractivity (Wildman–Crippen MR) is 81.3 cm³/mol. The maximum Gasteiger partial charge on any atom is 0.0247 e. The van der Waals surface area contributed by atoms with Gasteiger partial charge in [-0.05, 0) is 43.4 Å². The zero-order valence-electron chi connectivity index (χ0n) is 13.1. The van der Waals surface area contributed by atoms with Gasteiger partial charge in [-0.2, -0.15) is 0 Å². The van der Waals surface area contributed by atoms with E-state index in [1.165, 1.54) is 51.6 Å². The van der Waals surface area contributed by atoms with E-state index in [1.807, 2.05) is 0 Å². The molecule has 0 aromatic rings. The van der Waals surface area contributed by atoms with E-state index < -0.39 is 0 Å². The van der Waals surface area contributed by atoms with Gasteiger partial charge in [-0.3, -0.25) is 4.90 Å². The van der Waals surface area contributed by atoms with Crippen molar-refractivity contribution in [3.63, 3.8) is 0 Å². The summed E-state index contributed by atoms with van der Waals surface area (Å²) in [5.41, 5.74) is 0. The Morgan fingerprint density at radius 1 is 1.11 bits per heavy atom. The Kier molecular flexibility index (Phi) is 4.19. The molecule has 1 heterocycles. The summed E-state index contributed by atoms with van der Waals surface area (Å²) in [6.07, 6.45) is 8.75. The number of nitrogens with zero attached hydrogens (tertiary/aromatic N) is 1. The van der Waals surface area contributed by atoms with Gasteiger partial charge in [0, 0.05) is 31.2 Å². The summed E-state index contributed by atoms with van der Waals surface area (Å²) < 4.78 is 0. The minimum Gasteiger partial charge on any atom is -0.311 e. The van der Waals surface area contributed by atoms with E-state index >= 15 is 0 Å². The first-order valence-electron chi connectivity index (χ1n) is 8.64. The molecular formula is C17H32N2. The van der Waals surface area contributed by atoms with Crippen molar-refractivity contribution < 1.29 is 0 Å². The first-order valence-corrected chi connectivity index (χ1v) is 8.64. The third-order valence-corrected chi connectivity index (χ3v) is 5.76. The molecule has 1 saturated heterocycles. The number of nitrogens with one attached hydrogen (secondary N) is 1. The molecular weight excluding hydrogens is 232 g/mol. The third kappa shape index (κ3) is 3.16. The second kappa shape index (κ2) is 5.73. The summed E-state index contributed by atoms with van der Waals surface area (Å²) in [4.78, 5) is 2.92. The fourth-order valence-electron chi connectivity index (χ4n) is 4.37. The monoisotopic (exact) mass is 264 g/mol. The summed E-state index contributed by atoms with van der Waals surface area (Å²) in [5, 5.41) is 3.85. The van der Waals surface area contributed by atoms with Crippen LogP contribution >= 0.6 is 0 Å². The van der Waals surface area contributed by atoms with E-state index in [0.717, 1.165) is 35.9 Å². The van der Waals surface area contributed by atoms with Crippen molar-refractivity contribution in [2.75, 3.05) is 13.1 Å². The lowest BCUT2D eigenvalue weighted by atomic mass is 9.83. The maximum absolute atomic E-state index is 3.85. The molecule has 2 heteroatoms. The van der Waals surface area contributed by atoms with Crippen LogP contribution in [-0.2, 0) is 0 Å². The molecule has 0 bridgehead atoms. The van der Waals surface area contributed by atoms with Crippen LogP contribution in [0.4, 0.5) is 0 Å². The van der Waals surface area contributed by atoms with Crippen LogP contribution in [0.15, 0.2) is 0 Å². The van der Waals surface area contributed by atoms with Crippen LogP contribution in [0.1, 0.15) is 59.3 Å². The first-order chi connectivity index (χ1) is 9.15. The molecule has 3 fully saturated rings. The van der Waals surface area contributed by atoms with Crippen LogP contribution in [0.5, 0.6) is 0 Å². The van der Waals surface area contributed by atoms with Gasteiger partial charge in [0.05, 0.1) is 0 Å². The molecule has 2 aliphatic carbocycles. The summed E-state index contributed by atoms with van der Waals surface area (Å²) in [7, 11) is 0. The molecule has 2 nitrogen and oxygen atoms in total. The van der Waals surface area contributed by atoms with Crippen LogP contribution in [0, 0.1) is 17.8 Å². The smallest absolute Gasteiger partial charge is 0.0247 e. The van der Waals surface area contributed by atoms with Crippen molar-refractivity contribution in [1.82, 2.24) is 10.2 Å². The Hall–Kier alpha value is -0.0800. The SMILES string of the molecule is CC1CCCC(N2CC(C3CC3)NCC2C(C)C)C1. The molecule has 2 saturated carbocycles. The number of rotatable bonds is 3. The largest absolute Gasteiger partial charge is 0.311 e. The van der Waals surface area contributed by atoms with Crippen molar-refractivity contribution >= 4 is 0 Å². The third-order valence-electron chi connectivity index (χ3n) is 5.76. The molecule has 3 rings (SSSR count). The molecule has 19 heavy (non-hydrogen) atoms. The van der Waals surface area contributed by atoms with E-state index in [9.17, 15) is 0 Å². The van der Waals surface area contributed by atoms with Gasteiger partial charge in [0.2, 0.25) is 0 Å². The van der Waals surface area contributed by atoms with E-state index in [-0.39, 0.29) is 0 Å². The van der Waals surface area contributed by atoms with Crippen LogP contribution < -0.4 is 5.32 Å². The van der Waals surface area contributed by atoms with Gasteiger partial charge in [0.15, 0.2) is 0 Å². The zero-order chi connectivity index (χ0) is 13.4. The highest BCUT2D eigenvalue weighted by Crippen LogP contribution is 2.37. The van der Waals surface area contributed by atoms with E-state index in [0.29, 0.717) is 0 Å². The molecule has 0 amide bonds. The topological polar surface area (TPSA) is 15.3 Å². The van der Waals surface area contributed by atoms with Gasteiger partial charge >= 0.3 is 0 Å². The summed E-state index contributed by atoms with van der Waals surface area (Å²) >= 11 is 0. The minimum atomic E-state index is 0.769. The Labute approximate surface area is 119 Å². The Balaban J connectivity index is 1.68. The average molecular weight is 264 g/mol. The van der Waals surface area contributed by atoms with Crippen molar-refractivity contribution in [2.24, 2.45) is 17.8 Å². The Morgan fingerprint density at radius 2 is 1.89 bits per heavy atom. The molecule has 1 aliphatic heterocycles. The van der Waals surface area contributed by atoms with E-state index in [2.05, 4.69) is 31.0 Å². The standard InChI is InChI=1S/C17H32N2/c1-12(2)17-10-18-16(14-7-8-14)11-19(17)15-6-4-5-13(3)9-15/h12-18H,4-11H2,1-3H3. The molecule has 3 aliphatic rings. The summed E-state index contributed by atoms with van der Waals surface area (Å²) in [6.45, 7) is 9.82. The first kappa shape index (κ1) is 13.9. The van der Waals surface area contributed by atoms with Crippen LogP contribution in [0.2, 0.25) is 0 Å². The molecule has 0 aromatic heterocycles. The molecule has 0 aromatic carbocycles. The van der Waals surface area contributed by atoms with Gasteiger partial charge in [0.1, 0.15) is 0 Å². The van der Waals surface area contributed by atoms with Crippen molar-refractivity contribution in [1.29, 1.82) is 0 Å². The van der Waals surface area contributed by atoms with Crippen LogP contribution in [0.3, 0.4) is 0 Å². The zero-order valence-corrected chi connectivity index (χ0v) is 13.1. The van der Waals surface area contributed by atoms with Gasteiger partial charge < -0.3 is 5.32 Å². The molecule has 4 unspecified atom stereocenters. The summed E-state index contributed by atoms with van der Waals surface area (Å²) in [5.74, 6) is 2.72. The molecule has 0 radical (unpaired) electrons. The highest BCUT2D eigenvalue weighted by atomic mass is 15.3. The molecule has 110 valence electrons. The van der Waals surface area contributed by atoms with E-state index in [1.54, 1.807) is 0 Å². The molecule has 4 atom stereocenters. The lowest BCUT2D eigenvalue weighted by Crippen LogP contribution is -2.62. The maximum atomic E-state index is 3.85. The van der Waals surface area contributed by atoms with Crippen molar-refractivity contribution in [3.05, 3.63) is 0 Å². The fourth-order valence-corrected chi connectivity index (χ4v) is 4.37. The number of hydrogen-bond donors (Lipinski definition) is 1. The highest BCUT2D eigenvalue weighted by molar-refractivity contribution is 4.97. The number of hydrogen-bond acceptors (Lipinski definition) is 2. The van der Waals surface area contributed by atoms with Gasteiger partial charge in [-0.25, -0.2) is 0 Å². The van der Waals surface area contributed by atoms with Gasteiger partial charge in [-0.15, -0.1) is 0 Å². The lowest BCUT2D eigenvalue weighted by Gasteiger charge is -2.48. The highest BCUT2D eigenvalue weighted by Gasteiger charge is 2.40. The summed E-state index contributed by atoms with van der Waals surface area (Å²) in [6, 6.07) is 2.44. The normalized spacial score (nSPS) is 41.7. The fraction of sp³-hybridized carbons (Fsp3) is 1.00. The number of piperazine rings is 1. The second-order valence-electron chi connectivity index (χ2n) is 7.79. The van der Waals surface area contributed by atoms with Gasteiger partial charge in [0.25, 0.3) is 0 Å². The second-order valence-corrected chi connectivity index (χ2v) is 7.79. The Bertz CT molecular complexity index is 298. The lowest BCUT2D eigenvalue weighted by molar-refractivity contribution is 0.0267.